The van der Waals surface area contributed by atoms with Crippen molar-refractivity contribution in [3.8, 4) is 5.75 Å². The minimum Gasteiger partial charge on any atom is -0.508 e. The molecule has 1 aliphatic rings. The maximum Gasteiger partial charge on any atom is 0.224 e. The predicted molar refractivity (Wildman–Crippen MR) is 84.9 cm³/mol. The van der Waals surface area contributed by atoms with E-state index in [2.05, 4.69) is 0 Å². The molecular formula is C17H16FNO2S. The smallest absolute Gasteiger partial charge is 0.224 e. The van der Waals surface area contributed by atoms with E-state index in [1.807, 2.05) is 0 Å². The van der Waals surface area contributed by atoms with Gasteiger partial charge in [-0.15, -0.1) is 11.8 Å². The molecule has 0 bridgehead atoms. The van der Waals surface area contributed by atoms with Crippen molar-refractivity contribution in [3.63, 3.8) is 0 Å². The van der Waals surface area contributed by atoms with E-state index in [1.54, 1.807) is 59.1 Å². The molecule has 0 spiro atoms. The summed E-state index contributed by atoms with van der Waals surface area (Å²) in [4.78, 5) is 14.0. The Morgan fingerprint density at radius 3 is 2.64 bits per heavy atom. The number of thioether (sulfide) groups is 1. The van der Waals surface area contributed by atoms with Crippen LogP contribution in [0.1, 0.15) is 22.9 Å². The lowest BCUT2D eigenvalue weighted by atomic mass is 10.1. The Hall–Kier alpha value is -2.01. The summed E-state index contributed by atoms with van der Waals surface area (Å²) < 4.78 is 13.9. The number of amides is 1. The number of hydrogen-bond acceptors (Lipinski definition) is 3. The van der Waals surface area contributed by atoms with Gasteiger partial charge in [-0.25, -0.2) is 4.39 Å². The van der Waals surface area contributed by atoms with E-state index in [-0.39, 0.29) is 29.4 Å². The molecule has 1 unspecified atom stereocenters. The summed E-state index contributed by atoms with van der Waals surface area (Å²) in [6.45, 7) is 0.254. The van der Waals surface area contributed by atoms with E-state index in [4.69, 9.17) is 0 Å². The first kappa shape index (κ1) is 14.9. The largest absolute Gasteiger partial charge is 0.508 e. The molecule has 2 aromatic carbocycles. The van der Waals surface area contributed by atoms with Gasteiger partial charge in [0.1, 0.15) is 16.9 Å². The van der Waals surface area contributed by atoms with Crippen molar-refractivity contribution in [1.82, 2.24) is 4.90 Å². The van der Waals surface area contributed by atoms with Crippen LogP contribution >= 0.6 is 11.8 Å². The fraction of sp³-hybridized carbons (Fsp3) is 0.235. The zero-order valence-corrected chi connectivity index (χ0v) is 12.7. The van der Waals surface area contributed by atoms with Crippen LogP contribution in [0.3, 0.4) is 0 Å². The molecule has 0 aromatic heterocycles. The highest BCUT2D eigenvalue weighted by atomic mass is 32.2. The predicted octanol–water partition coefficient (Wildman–Crippen LogP) is 3.70. The van der Waals surface area contributed by atoms with Gasteiger partial charge in [-0.3, -0.25) is 4.79 Å². The van der Waals surface area contributed by atoms with E-state index in [0.717, 1.165) is 11.3 Å². The molecule has 1 N–H and O–H groups in total. The molecule has 22 heavy (non-hydrogen) atoms. The van der Waals surface area contributed by atoms with Gasteiger partial charge in [-0.05, 0) is 23.8 Å². The van der Waals surface area contributed by atoms with Crippen LogP contribution in [0.5, 0.6) is 5.75 Å². The minimum atomic E-state index is -0.296. The Balaban J connectivity index is 1.89. The van der Waals surface area contributed by atoms with Crippen LogP contribution in [-0.2, 0) is 11.3 Å². The van der Waals surface area contributed by atoms with Crippen LogP contribution in [-0.4, -0.2) is 21.7 Å². The highest BCUT2D eigenvalue weighted by molar-refractivity contribution is 7.99. The summed E-state index contributed by atoms with van der Waals surface area (Å²) in [5.74, 6) is 0.671. The molecule has 1 fully saturated rings. The summed E-state index contributed by atoms with van der Waals surface area (Å²) in [6, 6.07) is 13.4. The van der Waals surface area contributed by atoms with Crippen molar-refractivity contribution in [2.24, 2.45) is 0 Å². The molecule has 2 aromatic rings. The number of aromatic hydroxyl groups is 1. The van der Waals surface area contributed by atoms with Gasteiger partial charge in [0.05, 0.1) is 0 Å². The van der Waals surface area contributed by atoms with Crippen molar-refractivity contribution in [3.05, 3.63) is 65.5 Å². The highest BCUT2D eigenvalue weighted by Crippen LogP contribution is 2.38. The standard InChI is InChI=1S/C17H16FNO2S/c18-15-4-2-1-3-13(15)11-19-16(21)9-10-22-17(19)12-5-7-14(20)8-6-12/h1-8,17,20H,9-11H2. The number of hydrogen-bond donors (Lipinski definition) is 1. The molecule has 3 nitrogen and oxygen atoms in total. The van der Waals surface area contributed by atoms with Crippen LogP contribution in [0.25, 0.3) is 0 Å². The number of phenols is 1. The highest BCUT2D eigenvalue weighted by Gasteiger charge is 2.30. The molecule has 114 valence electrons. The number of halogens is 1. The number of nitrogens with zero attached hydrogens (tertiary/aromatic N) is 1. The topological polar surface area (TPSA) is 40.5 Å². The third-order valence-corrected chi connectivity index (χ3v) is 4.95. The van der Waals surface area contributed by atoms with Gasteiger partial charge in [0.25, 0.3) is 0 Å². The monoisotopic (exact) mass is 317 g/mol. The molecule has 3 rings (SSSR count). The zero-order valence-electron chi connectivity index (χ0n) is 11.9. The fourth-order valence-electron chi connectivity index (χ4n) is 2.52. The van der Waals surface area contributed by atoms with Gasteiger partial charge in [0.15, 0.2) is 0 Å². The number of benzene rings is 2. The van der Waals surface area contributed by atoms with Gasteiger partial charge in [0, 0.05) is 24.3 Å². The summed E-state index contributed by atoms with van der Waals surface area (Å²) in [5, 5.41) is 9.26. The fourth-order valence-corrected chi connectivity index (χ4v) is 3.76. The first-order valence-corrected chi connectivity index (χ1v) is 8.13. The van der Waals surface area contributed by atoms with Gasteiger partial charge < -0.3 is 10.0 Å². The molecule has 1 aliphatic heterocycles. The average molecular weight is 317 g/mol. The molecule has 1 heterocycles. The van der Waals surface area contributed by atoms with E-state index >= 15 is 0 Å². The molecule has 1 saturated heterocycles. The van der Waals surface area contributed by atoms with E-state index in [1.165, 1.54) is 6.07 Å². The van der Waals surface area contributed by atoms with Crippen molar-refractivity contribution in [1.29, 1.82) is 0 Å². The Kier molecular flexibility index (Phi) is 4.34. The normalized spacial score (nSPS) is 18.5. The lowest BCUT2D eigenvalue weighted by Gasteiger charge is -2.35. The number of carbonyl (C=O) groups is 1. The van der Waals surface area contributed by atoms with Crippen LogP contribution < -0.4 is 0 Å². The Morgan fingerprint density at radius 2 is 1.91 bits per heavy atom. The SMILES string of the molecule is O=C1CCSC(c2ccc(O)cc2)N1Cc1ccccc1F. The molecule has 0 saturated carbocycles. The lowest BCUT2D eigenvalue weighted by Crippen LogP contribution is -2.36. The van der Waals surface area contributed by atoms with Crippen molar-refractivity contribution in [2.45, 2.75) is 18.3 Å². The molecule has 5 heteroatoms. The van der Waals surface area contributed by atoms with E-state index < -0.39 is 0 Å². The lowest BCUT2D eigenvalue weighted by molar-refractivity contribution is -0.132. The molecule has 1 atom stereocenters. The Labute approximate surface area is 132 Å². The second-order valence-corrected chi connectivity index (χ2v) is 6.37. The second kappa shape index (κ2) is 6.40. The van der Waals surface area contributed by atoms with Gasteiger partial charge in [0.2, 0.25) is 5.91 Å². The maximum absolute atomic E-state index is 13.9. The van der Waals surface area contributed by atoms with E-state index in [9.17, 15) is 14.3 Å². The zero-order chi connectivity index (χ0) is 15.5. The summed E-state index contributed by atoms with van der Waals surface area (Å²) in [7, 11) is 0. The molecule has 0 aliphatic carbocycles. The third kappa shape index (κ3) is 3.09. The maximum atomic E-state index is 13.9. The first-order chi connectivity index (χ1) is 10.6. The summed E-state index contributed by atoms with van der Waals surface area (Å²) in [5.41, 5.74) is 1.45. The van der Waals surface area contributed by atoms with E-state index in [0.29, 0.717) is 12.0 Å². The Bertz CT molecular complexity index is 675. The second-order valence-electron chi connectivity index (χ2n) is 5.18. The van der Waals surface area contributed by atoms with Crippen LogP contribution in [0.2, 0.25) is 0 Å². The van der Waals surface area contributed by atoms with Gasteiger partial charge >= 0.3 is 0 Å². The van der Waals surface area contributed by atoms with Crippen molar-refractivity contribution in [2.75, 3.05) is 5.75 Å². The van der Waals surface area contributed by atoms with Crippen molar-refractivity contribution < 1.29 is 14.3 Å². The third-order valence-electron chi connectivity index (χ3n) is 3.67. The average Bonchev–Trinajstić information content (AvgIpc) is 2.52. The first-order valence-electron chi connectivity index (χ1n) is 7.08. The van der Waals surface area contributed by atoms with Gasteiger partial charge in [-0.2, -0.15) is 0 Å². The van der Waals surface area contributed by atoms with Crippen molar-refractivity contribution >= 4 is 17.7 Å². The van der Waals surface area contributed by atoms with Crippen LogP contribution in [0.4, 0.5) is 4.39 Å². The quantitative estimate of drug-likeness (QED) is 0.938. The van der Waals surface area contributed by atoms with Gasteiger partial charge in [-0.1, -0.05) is 30.3 Å². The summed E-state index contributed by atoms with van der Waals surface area (Å²) in [6.07, 6.45) is 0.466. The minimum absolute atomic E-state index is 0.0279. The summed E-state index contributed by atoms with van der Waals surface area (Å²) >= 11 is 1.66. The molecule has 0 radical (unpaired) electrons. The molecular weight excluding hydrogens is 301 g/mol. The van der Waals surface area contributed by atoms with Crippen LogP contribution in [0.15, 0.2) is 48.5 Å². The Morgan fingerprint density at radius 1 is 1.18 bits per heavy atom. The molecule has 1 amide bonds. The number of carbonyl (C=O) groups excluding carboxylic acids is 1. The number of phenolic OH excluding ortho intramolecular Hbond substituents is 1. The van der Waals surface area contributed by atoms with Crippen LogP contribution in [0, 0.1) is 5.82 Å². The number of rotatable bonds is 3.